The number of hydrogen-bond acceptors (Lipinski definition) is 4. The molecular formula is C19H21N3O3. The van der Waals surface area contributed by atoms with Gasteiger partial charge in [-0.1, -0.05) is 35.5 Å². The second-order valence-electron chi connectivity index (χ2n) is 5.52. The molecule has 6 heteroatoms. The summed E-state index contributed by atoms with van der Waals surface area (Å²) in [5, 5.41) is 6.55. The molecule has 2 rings (SSSR count). The van der Waals surface area contributed by atoms with E-state index in [4.69, 9.17) is 4.84 Å². The fourth-order valence-corrected chi connectivity index (χ4v) is 2.13. The first kappa shape index (κ1) is 18.2. The molecule has 0 aliphatic rings. The molecule has 0 aromatic heterocycles. The van der Waals surface area contributed by atoms with Gasteiger partial charge in [0, 0.05) is 25.3 Å². The summed E-state index contributed by atoms with van der Waals surface area (Å²) in [6, 6.07) is 16.4. The van der Waals surface area contributed by atoms with Crippen molar-refractivity contribution in [2.75, 3.05) is 17.3 Å². The molecule has 1 N–H and O–H groups in total. The van der Waals surface area contributed by atoms with Crippen molar-refractivity contribution >= 4 is 29.4 Å². The average Bonchev–Trinajstić information content (AvgIpc) is 2.62. The van der Waals surface area contributed by atoms with E-state index in [0.717, 1.165) is 11.3 Å². The maximum atomic E-state index is 12.3. The maximum absolute atomic E-state index is 12.3. The number of amides is 2. The third-order valence-corrected chi connectivity index (χ3v) is 3.47. The first-order valence-corrected chi connectivity index (χ1v) is 7.87. The van der Waals surface area contributed by atoms with Crippen LogP contribution in [0.2, 0.25) is 0 Å². The monoisotopic (exact) mass is 339 g/mol. The van der Waals surface area contributed by atoms with Crippen molar-refractivity contribution in [1.29, 1.82) is 0 Å². The number of benzene rings is 2. The third kappa shape index (κ3) is 5.46. The summed E-state index contributed by atoms with van der Waals surface area (Å²) in [5.41, 5.74) is 2.30. The van der Waals surface area contributed by atoms with E-state index >= 15 is 0 Å². The van der Waals surface area contributed by atoms with Gasteiger partial charge in [0.05, 0.1) is 6.21 Å². The second kappa shape index (κ2) is 8.63. The van der Waals surface area contributed by atoms with Crippen LogP contribution in [0.3, 0.4) is 0 Å². The highest BCUT2D eigenvalue weighted by atomic mass is 16.6. The minimum Gasteiger partial charge on any atom is -0.383 e. The molecule has 25 heavy (non-hydrogen) atoms. The lowest BCUT2D eigenvalue weighted by molar-refractivity contribution is -0.128. The van der Waals surface area contributed by atoms with Gasteiger partial charge in [-0.15, -0.1) is 0 Å². The first-order valence-electron chi connectivity index (χ1n) is 7.87. The normalized spacial score (nSPS) is 11.8. The van der Waals surface area contributed by atoms with Crippen LogP contribution in [0.5, 0.6) is 0 Å². The molecule has 0 saturated heterocycles. The smallest absolute Gasteiger partial charge is 0.270 e. The Morgan fingerprint density at radius 2 is 1.76 bits per heavy atom. The Morgan fingerprint density at radius 1 is 1.12 bits per heavy atom. The van der Waals surface area contributed by atoms with Crippen molar-refractivity contribution in [3.63, 3.8) is 0 Å². The van der Waals surface area contributed by atoms with E-state index in [1.165, 1.54) is 18.0 Å². The molecule has 0 heterocycles. The lowest BCUT2D eigenvalue weighted by Crippen LogP contribution is -2.35. The maximum Gasteiger partial charge on any atom is 0.270 e. The van der Waals surface area contributed by atoms with Crippen LogP contribution in [0, 0.1) is 0 Å². The number of rotatable bonds is 6. The number of hydrogen-bond donors (Lipinski definition) is 1. The standard InChI is InChI=1S/C19H21N3O3/c1-14(19(24)22(3)18-7-5-4-6-8-18)25-20-13-16-9-11-17(12-10-16)21-15(2)23/h4-14H,1-3H3,(H,21,23)/b20-13+. The first-order chi connectivity index (χ1) is 12.0. The molecule has 1 atom stereocenters. The predicted octanol–water partition coefficient (Wildman–Crippen LogP) is 3.05. The van der Waals surface area contributed by atoms with E-state index in [-0.39, 0.29) is 11.8 Å². The Labute approximate surface area is 147 Å². The molecule has 0 bridgehead atoms. The molecule has 0 fully saturated rings. The van der Waals surface area contributed by atoms with E-state index in [0.29, 0.717) is 5.69 Å². The van der Waals surface area contributed by atoms with Gasteiger partial charge < -0.3 is 15.1 Å². The minimum atomic E-state index is -0.708. The summed E-state index contributed by atoms with van der Waals surface area (Å²) in [6.45, 7) is 3.10. The summed E-state index contributed by atoms with van der Waals surface area (Å²) >= 11 is 0. The number of likely N-dealkylation sites (N-methyl/N-ethyl adjacent to an activating group) is 1. The molecular weight excluding hydrogens is 318 g/mol. The van der Waals surface area contributed by atoms with Crippen LogP contribution in [0.4, 0.5) is 11.4 Å². The highest BCUT2D eigenvalue weighted by molar-refractivity contribution is 5.95. The number of carbonyl (C=O) groups excluding carboxylic acids is 2. The van der Waals surface area contributed by atoms with E-state index in [9.17, 15) is 9.59 Å². The lowest BCUT2D eigenvalue weighted by atomic mass is 10.2. The Morgan fingerprint density at radius 3 is 2.36 bits per heavy atom. The van der Waals surface area contributed by atoms with Gasteiger partial charge in [-0.2, -0.15) is 0 Å². The largest absolute Gasteiger partial charge is 0.383 e. The minimum absolute atomic E-state index is 0.125. The van der Waals surface area contributed by atoms with Crippen molar-refractivity contribution in [3.8, 4) is 0 Å². The fourth-order valence-electron chi connectivity index (χ4n) is 2.13. The summed E-state index contributed by atoms with van der Waals surface area (Å²) < 4.78 is 0. The number of nitrogens with one attached hydrogen (secondary N) is 1. The molecule has 0 aliphatic carbocycles. The Balaban J connectivity index is 1.90. The van der Waals surface area contributed by atoms with Crippen molar-refractivity contribution in [2.24, 2.45) is 5.16 Å². The topological polar surface area (TPSA) is 71.0 Å². The second-order valence-corrected chi connectivity index (χ2v) is 5.52. The molecule has 6 nitrogen and oxygen atoms in total. The predicted molar refractivity (Wildman–Crippen MR) is 98.7 cm³/mol. The highest BCUT2D eigenvalue weighted by Crippen LogP contribution is 2.13. The molecule has 2 amide bonds. The zero-order valence-electron chi connectivity index (χ0n) is 14.5. The van der Waals surface area contributed by atoms with Crippen molar-refractivity contribution in [1.82, 2.24) is 0 Å². The molecule has 0 radical (unpaired) electrons. The number of carbonyl (C=O) groups is 2. The fraction of sp³-hybridized carbons (Fsp3) is 0.211. The number of para-hydroxylation sites is 1. The molecule has 2 aromatic rings. The molecule has 0 saturated carbocycles. The summed E-state index contributed by atoms with van der Waals surface area (Å²) in [4.78, 5) is 30.1. The highest BCUT2D eigenvalue weighted by Gasteiger charge is 2.19. The SMILES string of the molecule is CC(=O)Nc1ccc(/C=N/OC(C)C(=O)N(C)c2ccccc2)cc1. The molecule has 0 aliphatic heterocycles. The van der Waals surface area contributed by atoms with Gasteiger partial charge in [0.15, 0.2) is 0 Å². The van der Waals surface area contributed by atoms with Crippen LogP contribution in [-0.2, 0) is 14.4 Å². The summed E-state index contributed by atoms with van der Waals surface area (Å²) in [6.07, 6.45) is 0.809. The third-order valence-electron chi connectivity index (χ3n) is 3.47. The van der Waals surface area contributed by atoms with Crippen LogP contribution in [0.1, 0.15) is 19.4 Å². The van der Waals surface area contributed by atoms with Gasteiger partial charge >= 0.3 is 0 Å². The van der Waals surface area contributed by atoms with E-state index in [1.807, 2.05) is 30.3 Å². The Hall–Kier alpha value is -3.15. The summed E-state index contributed by atoms with van der Waals surface area (Å²) in [5.74, 6) is -0.316. The Bertz CT molecular complexity index is 742. The van der Waals surface area contributed by atoms with Gasteiger partial charge in [-0.25, -0.2) is 0 Å². The zero-order chi connectivity index (χ0) is 18.2. The van der Waals surface area contributed by atoms with Crippen LogP contribution >= 0.6 is 0 Å². The molecule has 0 spiro atoms. The van der Waals surface area contributed by atoms with Crippen molar-refractivity contribution in [2.45, 2.75) is 20.0 Å². The van der Waals surface area contributed by atoms with E-state index < -0.39 is 6.10 Å². The average molecular weight is 339 g/mol. The van der Waals surface area contributed by atoms with Gasteiger partial charge in [-0.3, -0.25) is 9.59 Å². The van der Waals surface area contributed by atoms with Crippen LogP contribution in [-0.4, -0.2) is 31.2 Å². The van der Waals surface area contributed by atoms with Gasteiger partial charge in [0.2, 0.25) is 12.0 Å². The van der Waals surface area contributed by atoms with Crippen LogP contribution in [0.25, 0.3) is 0 Å². The van der Waals surface area contributed by atoms with Crippen LogP contribution in [0.15, 0.2) is 59.8 Å². The van der Waals surface area contributed by atoms with Gasteiger partial charge in [0.1, 0.15) is 0 Å². The van der Waals surface area contributed by atoms with E-state index in [1.54, 1.807) is 38.2 Å². The zero-order valence-corrected chi connectivity index (χ0v) is 14.5. The number of anilines is 2. The summed E-state index contributed by atoms with van der Waals surface area (Å²) in [7, 11) is 1.70. The number of nitrogens with zero attached hydrogens (tertiary/aromatic N) is 2. The van der Waals surface area contributed by atoms with Gasteiger partial charge in [0.25, 0.3) is 5.91 Å². The lowest BCUT2D eigenvalue weighted by Gasteiger charge is -2.20. The quantitative estimate of drug-likeness (QED) is 0.649. The van der Waals surface area contributed by atoms with Crippen LogP contribution < -0.4 is 10.2 Å². The molecule has 2 aromatic carbocycles. The Kier molecular flexibility index (Phi) is 6.28. The van der Waals surface area contributed by atoms with E-state index in [2.05, 4.69) is 10.5 Å². The number of oxime groups is 1. The van der Waals surface area contributed by atoms with Crippen molar-refractivity contribution < 1.29 is 14.4 Å². The molecule has 130 valence electrons. The van der Waals surface area contributed by atoms with Crippen molar-refractivity contribution in [3.05, 3.63) is 60.2 Å². The molecule has 1 unspecified atom stereocenters. The van der Waals surface area contributed by atoms with Gasteiger partial charge in [-0.05, 0) is 36.8 Å².